The Balaban J connectivity index is 1.93. The van der Waals surface area contributed by atoms with Crippen LogP contribution in [0, 0.1) is 6.92 Å². The third-order valence-electron chi connectivity index (χ3n) is 4.54. The number of aryl methyl sites for hydroxylation is 2. The Hall–Kier alpha value is -2.88. The van der Waals surface area contributed by atoms with E-state index in [1.165, 1.54) is 23.1 Å². The number of carbonyl (C=O) groups excluding carboxylic acids is 3. The SMILES string of the molecule is CCOC(=O)N1CCc2c(sc(NC(=O)c3c(C)cnn3C)c2C(=O)OC)C1. The molecule has 1 N–H and O–H groups in total. The first-order valence-corrected chi connectivity index (χ1v) is 9.63. The molecule has 2 aromatic rings. The van der Waals surface area contributed by atoms with Gasteiger partial charge in [0.05, 0.1) is 32.0 Å². The summed E-state index contributed by atoms with van der Waals surface area (Å²) < 4.78 is 11.5. The average Bonchev–Trinajstić information content (AvgIpc) is 3.19. The number of thiophene rings is 1. The van der Waals surface area contributed by atoms with Crippen molar-refractivity contribution in [2.75, 3.05) is 25.6 Å². The predicted molar refractivity (Wildman–Crippen MR) is 103 cm³/mol. The van der Waals surface area contributed by atoms with Crippen molar-refractivity contribution in [3.63, 3.8) is 0 Å². The molecule has 0 aromatic carbocycles. The van der Waals surface area contributed by atoms with E-state index < -0.39 is 12.1 Å². The van der Waals surface area contributed by atoms with Gasteiger partial charge in [-0.1, -0.05) is 0 Å². The van der Waals surface area contributed by atoms with Gasteiger partial charge in [0.15, 0.2) is 0 Å². The highest BCUT2D eigenvalue weighted by molar-refractivity contribution is 7.17. The van der Waals surface area contributed by atoms with Crippen LogP contribution >= 0.6 is 11.3 Å². The fourth-order valence-corrected chi connectivity index (χ4v) is 4.46. The zero-order valence-corrected chi connectivity index (χ0v) is 17.0. The minimum absolute atomic E-state index is 0.297. The molecule has 0 atom stereocenters. The smallest absolute Gasteiger partial charge is 0.410 e. The van der Waals surface area contributed by atoms with Crippen LogP contribution in [0.1, 0.15) is 43.8 Å². The van der Waals surface area contributed by atoms with Crippen molar-refractivity contribution < 1.29 is 23.9 Å². The molecule has 1 aliphatic heterocycles. The minimum atomic E-state index is -0.515. The molecular weight excluding hydrogens is 384 g/mol. The summed E-state index contributed by atoms with van der Waals surface area (Å²) in [7, 11) is 2.98. The number of hydrogen-bond acceptors (Lipinski definition) is 7. The van der Waals surface area contributed by atoms with E-state index in [4.69, 9.17) is 9.47 Å². The van der Waals surface area contributed by atoms with Crippen LogP contribution in [-0.4, -0.2) is 52.9 Å². The summed E-state index contributed by atoms with van der Waals surface area (Å²) in [6.45, 7) is 4.59. The van der Waals surface area contributed by atoms with E-state index in [1.54, 1.807) is 32.0 Å². The summed E-state index contributed by atoms with van der Waals surface area (Å²) in [5.41, 5.74) is 2.29. The lowest BCUT2D eigenvalue weighted by molar-refractivity contribution is 0.0600. The van der Waals surface area contributed by atoms with E-state index >= 15 is 0 Å². The number of nitrogens with one attached hydrogen (secondary N) is 1. The first kappa shape index (κ1) is 19.9. The van der Waals surface area contributed by atoms with Crippen LogP contribution in [0.3, 0.4) is 0 Å². The first-order valence-electron chi connectivity index (χ1n) is 8.81. The van der Waals surface area contributed by atoms with E-state index in [9.17, 15) is 14.4 Å². The Morgan fingerprint density at radius 2 is 2.11 bits per heavy atom. The molecule has 9 nitrogen and oxygen atoms in total. The van der Waals surface area contributed by atoms with Crippen LogP contribution in [0.15, 0.2) is 6.20 Å². The van der Waals surface area contributed by atoms with Gasteiger partial charge in [0.2, 0.25) is 0 Å². The number of anilines is 1. The molecule has 0 saturated carbocycles. The molecule has 0 radical (unpaired) electrons. The summed E-state index contributed by atoms with van der Waals surface area (Å²) in [4.78, 5) is 39.6. The molecule has 0 spiro atoms. The summed E-state index contributed by atoms with van der Waals surface area (Å²) in [5.74, 6) is -0.873. The summed E-state index contributed by atoms with van der Waals surface area (Å²) in [6, 6.07) is 0. The molecule has 0 saturated heterocycles. The molecule has 0 aliphatic carbocycles. The Bertz CT molecular complexity index is 913. The van der Waals surface area contributed by atoms with E-state index in [-0.39, 0.29) is 5.91 Å². The number of aromatic nitrogens is 2. The van der Waals surface area contributed by atoms with Gasteiger partial charge in [0, 0.05) is 18.5 Å². The first-order chi connectivity index (χ1) is 13.4. The van der Waals surface area contributed by atoms with Crippen molar-refractivity contribution in [2.24, 2.45) is 7.05 Å². The van der Waals surface area contributed by atoms with Crippen molar-refractivity contribution >= 4 is 34.3 Å². The maximum Gasteiger partial charge on any atom is 0.410 e. The number of carbonyl (C=O) groups is 3. The Morgan fingerprint density at radius 1 is 1.36 bits per heavy atom. The fourth-order valence-electron chi connectivity index (χ4n) is 3.22. The standard InChI is InChI=1S/C18H22N4O5S/c1-5-27-18(25)22-7-6-11-12(9-22)28-16(13(11)17(24)26-4)20-15(23)14-10(2)8-19-21(14)3/h8H,5-7,9H2,1-4H3,(H,20,23). The number of rotatable bonds is 4. The molecule has 0 fully saturated rings. The molecule has 150 valence electrons. The van der Waals surface area contributed by atoms with Crippen LogP contribution in [-0.2, 0) is 29.5 Å². The second-order valence-electron chi connectivity index (χ2n) is 6.32. The van der Waals surface area contributed by atoms with Crippen LogP contribution in [0.5, 0.6) is 0 Å². The van der Waals surface area contributed by atoms with Crippen molar-refractivity contribution in [3.8, 4) is 0 Å². The van der Waals surface area contributed by atoms with Crippen LogP contribution < -0.4 is 5.32 Å². The summed E-state index contributed by atoms with van der Waals surface area (Å²) >= 11 is 1.27. The number of esters is 1. The predicted octanol–water partition coefficient (Wildman–Crippen LogP) is 2.34. The quantitative estimate of drug-likeness (QED) is 0.782. The number of methoxy groups -OCH3 is 1. The lowest BCUT2D eigenvalue weighted by atomic mass is 10.0. The van der Waals surface area contributed by atoms with Gasteiger partial charge >= 0.3 is 12.1 Å². The average molecular weight is 406 g/mol. The number of hydrogen-bond donors (Lipinski definition) is 1. The molecular formula is C18H22N4O5S. The lowest BCUT2D eigenvalue weighted by Crippen LogP contribution is -2.36. The van der Waals surface area contributed by atoms with Gasteiger partial charge in [-0.25, -0.2) is 9.59 Å². The molecule has 3 rings (SSSR count). The molecule has 1 aliphatic rings. The largest absolute Gasteiger partial charge is 0.465 e. The second kappa shape index (κ2) is 8.01. The highest BCUT2D eigenvalue weighted by atomic mass is 32.1. The van der Waals surface area contributed by atoms with Gasteiger partial charge in [-0.15, -0.1) is 11.3 Å². The highest BCUT2D eigenvalue weighted by Crippen LogP contribution is 2.38. The normalized spacial score (nSPS) is 13.1. The van der Waals surface area contributed by atoms with Gasteiger partial charge in [-0.2, -0.15) is 5.10 Å². The summed E-state index contributed by atoms with van der Waals surface area (Å²) in [6.07, 6.45) is 1.69. The van der Waals surface area contributed by atoms with Gasteiger partial charge in [-0.05, 0) is 31.4 Å². The van der Waals surface area contributed by atoms with E-state index in [1.807, 2.05) is 0 Å². The van der Waals surface area contributed by atoms with Gasteiger partial charge < -0.3 is 19.7 Å². The topological polar surface area (TPSA) is 103 Å². The highest BCUT2D eigenvalue weighted by Gasteiger charge is 2.31. The van der Waals surface area contributed by atoms with Crippen LogP contribution in [0.2, 0.25) is 0 Å². The minimum Gasteiger partial charge on any atom is -0.465 e. The van der Waals surface area contributed by atoms with E-state index in [0.717, 1.165) is 16.0 Å². The zero-order chi connectivity index (χ0) is 20.4. The van der Waals surface area contributed by atoms with Crippen molar-refractivity contribution in [2.45, 2.75) is 26.8 Å². The third-order valence-corrected chi connectivity index (χ3v) is 5.67. The third kappa shape index (κ3) is 3.59. The number of fused-ring (bicyclic) bond motifs is 1. The van der Waals surface area contributed by atoms with Gasteiger partial charge in [0.1, 0.15) is 10.7 Å². The molecule has 2 aromatic heterocycles. The maximum atomic E-state index is 12.7. The Morgan fingerprint density at radius 3 is 2.71 bits per heavy atom. The van der Waals surface area contributed by atoms with Crippen LogP contribution in [0.4, 0.5) is 9.80 Å². The van der Waals surface area contributed by atoms with Crippen molar-refractivity contribution in [3.05, 3.63) is 33.5 Å². The van der Waals surface area contributed by atoms with Crippen molar-refractivity contribution in [1.82, 2.24) is 14.7 Å². The number of nitrogens with zero attached hydrogens (tertiary/aromatic N) is 3. The molecule has 0 bridgehead atoms. The lowest BCUT2D eigenvalue weighted by Gasteiger charge is -2.26. The molecule has 3 heterocycles. The molecule has 2 amide bonds. The van der Waals surface area contributed by atoms with Gasteiger partial charge in [0.25, 0.3) is 5.91 Å². The van der Waals surface area contributed by atoms with Gasteiger partial charge in [-0.3, -0.25) is 9.48 Å². The molecule has 0 unspecified atom stereocenters. The van der Waals surface area contributed by atoms with E-state index in [2.05, 4.69) is 10.4 Å². The Kier molecular flexibility index (Phi) is 5.68. The number of ether oxygens (including phenoxy) is 2. The maximum absolute atomic E-state index is 12.7. The monoisotopic (exact) mass is 406 g/mol. The zero-order valence-electron chi connectivity index (χ0n) is 16.2. The van der Waals surface area contributed by atoms with Crippen molar-refractivity contribution in [1.29, 1.82) is 0 Å². The summed E-state index contributed by atoms with van der Waals surface area (Å²) in [5, 5.41) is 7.30. The Labute approximate surface area is 166 Å². The van der Waals surface area contributed by atoms with Crippen LogP contribution in [0.25, 0.3) is 0 Å². The second-order valence-corrected chi connectivity index (χ2v) is 7.43. The fraction of sp³-hybridized carbons (Fsp3) is 0.444. The molecule has 28 heavy (non-hydrogen) atoms. The van der Waals surface area contributed by atoms with E-state index in [0.29, 0.717) is 42.4 Å². The number of amides is 2. The molecule has 10 heteroatoms.